The SMILES string of the molecule is Cc1[nH]c2cc(Cl)ccc2c1C(=O)C1CCCN1. The predicted molar refractivity (Wildman–Crippen MR) is 73.4 cm³/mol. The van der Waals surface area contributed by atoms with Crippen molar-refractivity contribution < 1.29 is 4.79 Å². The third-order valence-corrected chi connectivity index (χ3v) is 3.81. The standard InChI is InChI=1S/C14H15ClN2O/c1-8-13(14(18)11-3-2-6-16-11)10-5-4-9(15)7-12(10)17-8/h4-5,7,11,16-17H,2-3,6H2,1H3. The molecule has 1 atom stereocenters. The second kappa shape index (κ2) is 4.41. The fourth-order valence-corrected chi connectivity index (χ4v) is 2.88. The number of aryl methyl sites for hydroxylation is 1. The molecule has 0 amide bonds. The van der Waals surface area contributed by atoms with Gasteiger partial charge in [-0.2, -0.15) is 0 Å². The minimum absolute atomic E-state index is 0.0293. The van der Waals surface area contributed by atoms with Crippen LogP contribution in [0.3, 0.4) is 0 Å². The highest BCUT2D eigenvalue weighted by atomic mass is 35.5. The number of fused-ring (bicyclic) bond motifs is 1. The first kappa shape index (κ1) is 11.8. The van der Waals surface area contributed by atoms with E-state index in [1.807, 2.05) is 25.1 Å². The van der Waals surface area contributed by atoms with Crippen molar-refractivity contribution in [3.63, 3.8) is 0 Å². The number of carbonyl (C=O) groups excluding carboxylic acids is 1. The lowest BCUT2D eigenvalue weighted by molar-refractivity contribution is 0.0953. The highest BCUT2D eigenvalue weighted by Crippen LogP contribution is 2.27. The van der Waals surface area contributed by atoms with Gasteiger partial charge in [0.05, 0.1) is 6.04 Å². The summed E-state index contributed by atoms with van der Waals surface area (Å²) in [5.74, 6) is 0.193. The molecule has 1 saturated heterocycles. The summed E-state index contributed by atoms with van der Waals surface area (Å²) in [6.07, 6.45) is 2.00. The fraction of sp³-hybridized carbons (Fsp3) is 0.357. The summed E-state index contributed by atoms with van der Waals surface area (Å²) >= 11 is 5.97. The Morgan fingerprint density at radius 1 is 1.44 bits per heavy atom. The van der Waals surface area contributed by atoms with Crippen LogP contribution in [0, 0.1) is 6.92 Å². The van der Waals surface area contributed by atoms with Crippen molar-refractivity contribution in [1.82, 2.24) is 10.3 Å². The molecular weight excluding hydrogens is 248 g/mol. The fourth-order valence-electron chi connectivity index (χ4n) is 2.70. The molecule has 2 heterocycles. The van der Waals surface area contributed by atoms with E-state index in [0.717, 1.165) is 41.5 Å². The first-order valence-electron chi connectivity index (χ1n) is 6.22. The molecule has 2 aromatic rings. The Bertz CT molecular complexity index is 612. The van der Waals surface area contributed by atoms with Crippen LogP contribution in [0.5, 0.6) is 0 Å². The van der Waals surface area contributed by atoms with Crippen LogP contribution >= 0.6 is 11.6 Å². The number of H-pyrrole nitrogens is 1. The van der Waals surface area contributed by atoms with Crippen LogP contribution in [0.15, 0.2) is 18.2 Å². The van der Waals surface area contributed by atoms with E-state index in [4.69, 9.17) is 11.6 Å². The van der Waals surface area contributed by atoms with Crippen LogP contribution in [-0.4, -0.2) is 23.4 Å². The van der Waals surface area contributed by atoms with Gasteiger partial charge in [0.15, 0.2) is 5.78 Å². The van der Waals surface area contributed by atoms with Crippen LogP contribution in [0.1, 0.15) is 28.9 Å². The van der Waals surface area contributed by atoms with Crippen molar-refractivity contribution in [1.29, 1.82) is 0 Å². The lowest BCUT2D eigenvalue weighted by Crippen LogP contribution is -2.31. The van der Waals surface area contributed by atoms with E-state index < -0.39 is 0 Å². The van der Waals surface area contributed by atoms with Gasteiger partial charge in [-0.1, -0.05) is 17.7 Å². The number of nitrogens with one attached hydrogen (secondary N) is 2. The van der Waals surface area contributed by atoms with Crippen LogP contribution in [0.2, 0.25) is 5.02 Å². The maximum atomic E-state index is 12.5. The minimum Gasteiger partial charge on any atom is -0.358 e. The van der Waals surface area contributed by atoms with Gasteiger partial charge in [0.1, 0.15) is 0 Å². The Morgan fingerprint density at radius 3 is 3.00 bits per heavy atom. The summed E-state index contributed by atoms with van der Waals surface area (Å²) in [6, 6.07) is 5.58. The van der Waals surface area contributed by atoms with E-state index in [1.165, 1.54) is 0 Å². The van der Waals surface area contributed by atoms with Gasteiger partial charge in [0.25, 0.3) is 0 Å². The van der Waals surface area contributed by atoms with E-state index in [-0.39, 0.29) is 11.8 Å². The first-order valence-corrected chi connectivity index (χ1v) is 6.60. The van der Waals surface area contributed by atoms with E-state index >= 15 is 0 Å². The van der Waals surface area contributed by atoms with Crippen molar-refractivity contribution in [2.75, 3.05) is 6.54 Å². The molecule has 0 radical (unpaired) electrons. The molecule has 1 aliphatic rings. The Labute approximate surface area is 111 Å². The first-order chi connectivity index (χ1) is 8.66. The Balaban J connectivity index is 2.10. The third-order valence-electron chi connectivity index (χ3n) is 3.57. The topological polar surface area (TPSA) is 44.9 Å². The summed E-state index contributed by atoms with van der Waals surface area (Å²) in [4.78, 5) is 15.8. The highest BCUT2D eigenvalue weighted by Gasteiger charge is 2.26. The predicted octanol–water partition coefficient (Wildman–Crippen LogP) is 3.06. The largest absolute Gasteiger partial charge is 0.358 e. The average Bonchev–Trinajstić information content (AvgIpc) is 2.94. The molecule has 0 aliphatic carbocycles. The Morgan fingerprint density at radius 2 is 2.28 bits per heavy atom. The molecule has 4 heteroatoms. The van der Waals surface area contributed by atoms with Crippen molar-refractivity contribution in [3.8, 4) is 0 Å². The average molecular weight is 263 g/mol. The van der Waals surface area contributed by atoms with Crippen molar-refractivity contribution in [3.05, 3.63) is 34.5 Å². The summed E-state index contributed by atoms with van der Waals surface area (Å²) < 4.78 is 0. The molecule has 0 saturated carbocycles. The summed E-state index contributed by atoms with van der Waals surface area (Å²) in [5, 5.41) is 4.91. The molecule has 3 nitrogen and oxygen atoms in total. The number of aromatic nitrogens is 1. The number of halogens is 1. The molecule has 1 aliphatic heterocycles. The smallest absolute Gasteiger partial charge is 0.182 e. The van der Waals surface area contributed by atoms with E-state index in [0.29, 0.717) is 5.02 Å². The van der Waals surface area contributed by atoms with Gasteiger partial charge in [0.2, 0.25) is 0 Å². The van der Waals surface area contributed by atoms with Crippen LogP contribution < -0.4 is 5.32 Å². The number of carbonyl (C=O) groups is 1. The molecule has 0 spiro atoms. The van der Waals surface area contributed by atoms with Gasteiger partial charge in [0, 0.05) is 27.2 Å². The molecule has 1 fully saturated rings. The van der Waals surface area contributed by atoms with E-state index in [2.05, 4.69) is 10.3 Å². The molecule has 1 aromatic carbocycles. The van der Waals surface area contributed by atoms with E-state index in [9.17, 15) is 4.79 Å². The number of hydrogen-bond donors (Lipinski definition) is 2. The van der Waals surface area contributed by atoms with Crippen molar-refractivity contribution in [2.24, 2.45) is 0 Å². The summed E-state index contributed by atoms with van der Waals surface area (Å²) in [7, 11) is 0. The zero-order chi connectivity index (χ0) is 12.7. The normalized spacial score (nSPS) is 19.6. The maximum Gasteiger partial charge on any atom is 0.182 e. The molecule has 2 N–H and O–H groups in total. The molecule has 1 unspecified atom stereocenters. The lowest BCUT2D eigenvalue weighted by Gasteiger charge is -2.09. The zero-order valence-electron chi connectivity index (χ0n) is 10.2. The molecule has 94 valence electrons. The minimum atomic E-state index is -0.0293. The second-order valence-electron chi connectivity index (χ2n) is 4.83. The monoisotopic (exact) mass is 262 g/mol. The molecule has 1 aromatic heterocycles. The van der Waals surface area contributed by atoms with Gasteiger partial charge < -0.3 is 10.3 Å². The number of Topliss-reactive ketones (excluding diaryl/α,β-unsaturated/α-hetero) is 1. The summed E-state index contributed by atoms with van der Waals surface area (Å²) in [5.41, 5.74) is 2.66. The quantitative estimate of drug-likeness (QED) is 0.817. The number of benzene rings is 1. The molecule has 18 heavy (non-hydrogen) atoms. The lowest BCUT2D eigenvalue weighted by atomic mass is 10.00. The maximum absolute atomic E-state index is 12.5. The van der Waals surface area contributed by atoms with E-state index in [1.54, 1.807) is 0 Å². The molecular formula is C14H15ClN2O. The van der Waals surface area contributed by atoms with Crippen molar-refractivity contribution in [2.45, 2.75) is 25.8 Å². The van der Waals surface area contributed by atoms with Crippen LogP contribution in [0.4, 0.5) is 0 Å². The van der Waals surface area contributed by atoms with Crippen LogP contribution in [-0.2, 0) is 0 Å². The van der Waals surface area contributed by atoms with Gasteiger partial charge >= 0.3 is 0 Å². The van der Waals surface area contributed by atoms with Crippen molar-refractivity contribution >= 4 is 28.3 Å². The summed E-state index contributed by atoms with van der Waals surface area (Å²) in [6.45, 7) is 2.87. The Hall–Kier alpha value is -1.32. The van der Waals surface area contributed by atoms with Gasteiger partial charge in [-0.25, -0.2) is 0 Å². The Kier molecular flexibility index (Phi) is 2.88. The number of aromatic amines is 1. The van der Waals surface area contributed by atoms with Gasteiger partial charge in [-0.15, -0.1) is 0 Å². The number of ketones is 1. The zero-order valence-corrected chi connectivity index (χ0v) is 11.0. The second-order valence-corrected chi connectivity index (χ2v) is 5.26. The number of hydrogen-bond acceptors (Lipinski definition) is 2. The van der Waals surface area contributed by atoms with Gasteiger partial charge in [-0.3, -0.25) is 4.79 Å². The van der Waals surface area contributed by atoms with Gasteiger partial charge in [-0.05, 0) is 38.4 Å². The molecule has 0 bridgehead atoms. The third kappa shape index (κ3) is 1.84. The van der Waals surface area contributed by atoms with Crippen LogP contribution in [0.25, 0.3) is 10.9 Å². The number of rotatable bonds is 2. The highest BCUT2D eigenvalue weighted by molar-refractivity contribution is 6.31. The molecule has 3 rings (SSSR count).